The first-order valence-electron chi connectivity index (χ1n) is 6.51. The topological polar surface area (TPSA) is 70.1 Å². The smallest absolute Gasteiger partial charge is 0.276 e. The van der Waals surface area contributed by atoms with Crippen LogP contribution in [-0.2, 0) is 0 Å². The first-order chi connectivity index (χ1) is 11.1. The Morgan fingerprint density at radius 3 is 3.04 bits per heavy atom. The van der Waals surface area contributed by atoms with Gasteiger partial charge in [0.25, 0.3) is 5.91 Å². The molecule has 2 N–H and O–H groups in total. The number of nitrogens with one attached hydrogen (secondary N) is 2. The molecule has 0 atom stereocenters. The fourth-order valence-corrected chi connectivity index (χ4v) is 2.90. The molecule has 0 radical (unpaired) electrons. The first kappa shape index (κ1) is 15.6. The van der Waals surface area contributed by atoms with Crippen molar-refractivity contribution in [2.24, 2.45) is 5.10 Å². The van der Waals surface area contributed by atoms with Gasteiger partial charge in [-0.15, -0.1) is 11.3 Å². The molecule has 5 nitrogen and oxygen atoms in total. The summed E-state index contributed by atoms with van der Waals surface area (Å²) in [4.78, 5) is 12.9. The molecule has 0 aliphatic carbocycles. The fraction of sp³-hybridized carbons (Fsp3) is 0. The van der Waals surface area contributed by atoms with Crippen LogP contribution in [0, 0.1) is 5.82 Å². The number of thiophene rings is 1. The molecule has 0 saturated heterocycles. The highest BCUT2D eigenvalue weighted by Gasteiger charge is 2.11. The molecule has 2 aromatic heterocycles. The monoisotopic (exact) mass is 392 g/mol. The van der Waals surface area contributed by atoms with E-state index >= 15 is 0 Å². The zero-order chi connectivity index (χ0) is 16.2. The molecule has 0 bridgehead atoms. The molecule has 0 saturated carbocycles. The Morgan fingerprint density at radius 2 is 2.26 bits per heavy atom. The predicted octanol–water partition coefficient (Wildman–Crippen LogP) is 3.80. The van der Waals surface area contributed by atoms with Crippen molar-refractivity contribution in [3.8, 4) is 10.6 Å². The van der Waals surface area contributed by atoms with Crippen LogP contribution in [-0.4, -0.2) is 22.3 Å². The number of halogens is 2. The van der Waals surface area contributed by atoms with Gasteiger partial charge in [-0.05, 0) is 35.7 Å². The number of aromatic amines is 1. The summed E-state index contributed by atoms with van der Waals surface area (Å²) in [7, 11) is 0. The average molecular weight is 393 g/mol. The van der Waals surface area contributed by atoms with Crippen LogP contribution in [0.2, 0.25) is 0 Å². The quantitative estimate of drug-likeness (QED) is 0.523. The third-order valence-corrected chi connectivity index (χ3v) is 4.32. The van der Waals surface area contributed by atoms with Crippen molar-refractivity contribution in [2.45, 2.75) is 0 Å². The number of hydrazone groups is 1. The van der Waals surface area contributed by atoms with E-state index in [0.717, 1.165) is 15.0 Å². The van der Waals surface area contributed by atoms with Crippen LogP contribution < -0.4 is 5.43 Å². The molecule has 3 aromatic rings. The summed E-state index contributed by atoms with van der Waals surface area (Å²) < 4.78 is 14.3. The molecule has 3 rings (SSSR count). The van der Waals surface area contributed by atoms with Crippen LogP contribution in [0.1, 0.15) is 16.1 Å². The highest BCUT2D eigenvalue weighted by molar-refractivity contribution is 9.10. The molecule has 1 amide bonds. The Bertz CT molecular complexity index is 860. The van der Waals surface area contributed by atoms with E-state index < -0.39 is 11.7 Å². The summed E-state index contributed by atoms with van der Waals surface area (Å²) in [5.41, 5.74) is 3.55. The number of hydrogen-bond acceptors (Lipinski definition) is 4. The molecular weight excluding hydrogens is 383 g/mol. The van der Waals surface area contributed by atoms with E-state index in [1.807, 2.05) is 17.5 Å². The van der Waals surface area contributed by atoms with Crippen LogP contribution in [0.15, 0.2) is 51.4 Å². The minimum atomic E-state index is -0.476. The molecule has 0 aliphatic heterocycles. The second-order valence-corrected chi connectivity index (χ2v) is 6.37. The maximum atomic E-state index is 13.5. The van der Waals surface area contributed by atoms with Crippen molar-refractivity contribution in [2.75, 3.05) is 0 Å². The van der Waals surface area contributed by atoms with E-state index in [1.54, 1.807) is 29.5 Å². The van der Waals surface area contributed by atoms with Crippen molar-refractivity contribution in [3.63, 3.8) is 0 Å². The molecule has 0 aliphatic rings. The molecule has 0 unspecified atom stereocenters. The number of aromatic nitrogens is 2. The predicted molar refractivity (Wildman–Crippen MR) is 91.1 cm³/mol. The minimum Gasteiger partial charge on any atom is -0.276 e. The van der Waals surface area contributed by atoms with Gasteiger partial charge in [0.15, 0.2) is 5.69 Å². The van der Waals surface area contributed by atoms with Crippen LogP contribution in [0.3, 0.4) is 0 Å². The van der Waals surface area contributed by atoms with E-state index in [0.29, 0.717) is 0 Å². The lowest BCUT2D eigenvalue weighted by Crippen LogP contribution is -2.18. The van der Waals surface area contributed by atoms with Gasteiger partial charge < -0.3 is 0 Å². The largest absolute Gasteiger partial charge is 0.291 e. The van der Waals surface area contributed by atoms with Crippen molar-refractivity contribution >= 4 is 39.4 Å². The maximum absolute atomic E-state index is 13.5. The second-order valence-electron chi connectivity index (χ2n) is 4.51. The van der Waals surface area contributed by atoms with E-state index in [9.17, 15) is 9.18 Å². The van der Waals surface area contributed by atoms with Gasteiger partial charge in [0.2, 0.25) is 0 Å². The molecule has 23 heavy (non-hydrogen) atoms. The van der Waals surface area contributed by atoms with Gasteiger partial charge in [-0.1, -0.05) is 22.0 Å². The Kier molecular flexibility index (Phi) is 4.63. The standard InChI is InChI=1S/C15H10BrFN4OS/c16-10-3-4-11(17)9(6-10)8-18-21-15(22)13-7-12(19-20-13)14-2-1-5-23-14/h1-8H,(H,19,20)(H,21,22)/b18-8+. The first-order valence-corrected chi connectivity index (χ1v) is 8.18. The van der Waals surface area contributed by atoms with Crippen LogP contribution in [0.25, 0.3) is 10.6 Å². The third-order valence-electron chi connectivity index (χ3n) is 2.92. The summed E-state index contributed by atoms with van der Waals surface area (Å²) in [6, 6.07) is 9.94. The number of benzene rings is 1. The molecule has 2 heterocycles. The highest BCUT2D eigenvalue weighted by atomic mass is 79.9. The van der Waals surface area contributed by atoms with Crippen molar-refractivity contribution in [1.29, 1.82) is 0 Å². The lowest BCUT2D eigenvalue weighted by Gasteiger charge is -1.98. The number of carbonyl (C=O) groups is 1. The number of rotatable bonds is 4. The summed E-state index contributed by atoms with van der Waals surface area (Å²) >= 11 is 4.79. The summed E-state index contributed by atoms with van der Waals surface area (Å²) in [5.74, 6) is -0.901. The van der Waals surface area contributed by atoms with E-state index in [1.165, 1.54) is 12.3 Å². The SMILES string of the molecule is O=C(N/N=C/c1cc(Br)ccc1F)c1cc(-c2cccs2)[nH]n1. The van der Waals surface area contributed by atoms with E-state index in [-0.39, 0.29) is 11.3 Å². The van der Waals surface area contributed by atoms with Gasteiger partial charge in [-0.25, -0.2) is 9.82 Å². The van der Waals surface area contributed by atoms with E-state index in [2.05, 4.69) is 36.7 Å². The molecule has 8 heteroatoms. The minimum absolute atomic E-state index is 0.209. The van der Waals surface area contributed by atoms with Gasteiger partial charge in [0.1, 0.15) is 5.82 Å². The number of hydrogen-bond donors (Lipinski definition) is 2. The zero-order valence-electron chi connectivity index (χ0n) is 11.6. The van der Waals surface area contributed by atoms with Gasteiger partial charge in [0.05, 0.1) is 16.8 Å². The fourth-order valence-electron chi connectivity index (χ4n) is 1.83. The molecule has 1 aromatic carbocycles. The lowest BCUT2D eigenvalue weighted by molar-refractivity contribution is 0.0950. The molecule has 0 spiro atoms. The number of carbonyl (C=O) groups excluding carboxylic acids is 1. The van der Waals surface area contributed by atoms with Crippen molar-refractivity contribution in [3.05, 3.63) is 63.3 Å². The maximum Gasteiger partial charge on any atom is 0.291 e. The second kappa shape index (κ2) is 6.84. The Balaban J connectivity index is 1.68. The normalized spacial score (nSPS) is 11.0. The number of nitrogens with zero attached hydrogens (tertiary/aromatic N) is 2. The van der Waals surface area contributed by atoms with Crippen LogP contribution in [0.4, 0.5) is 4.39 Å². The number of H-pyrrole nitrogens is 1. The Hall–Kier alpha value is -2.32. The summed E-state index contributed by atoms with van der Waals surface area (Å²) in [6.07, 6.45) is 1.24. The molecular formula is C15H10BrFN4OS. The average Bonchev–Trinajstić information content (AvgIpc) is 3.20. The van der Waals surface area contributed by atoms with Crippen molar-refractivity contribution in [1.82, 2.24) is 15.6 Å². The molecule has 0 fully saturated rings. The van der Waals surface area contributed by atoms with Crippen LogP contribution in [0.5, 0.6) is 0 Å². The van der Waals surface area contributed by atoms with Gasteiger partial charge >= 0.3 is 0 Å². The number of amides is 1. The van der Waals surface area contributed by atoms with Gasteiger partial charge in [-0.2, -0.15) is 10.2 Å². The van der Waals surface area contributed by atoms with E-state index in [4.69, 9.17) is 0 Å². The van der Waals surface area contributed by atoms with Crippen molar-refractivity contribution < 1.29 is 9.18 Å². The van der Waals surface area contributed by atoms with Crippen LogP contribution >= 0.6 is 27.3 Å². The van der Waals surface area contributed by atoms with Gasteiger partial charge in [-0.3, -0.25) is 9.89 Å². The molecule has 116 valence electrons. The van der Waals surface area contributed by atoms with Gasteiger partial charge in [0, 0.05) is 10.0 Å². The summed E-state index contributed by atoms with van der Waals surface area (Å²) in [6.45, 7) is 0. The highest BCUT2D eigenvalue weighted by Crippen LogP contribution is 2.22. The Morgan fingerprint density at radius 1 is 1.39 bits per heavy atom. The summed E-state index contributed by atoms with van der Waals surface area (Å²) in [5, 5.41) is 12.4. The third kappa shape index (κ3) is 3.72. The lowest BCUT2D eigenvalue weighted by atomic mass is 10.2. The zero-order valence-corrected chi connectivity index (χ0v) is 14.0. The Labute approximate surface area is 143 Å².